The molecule has 1 aliphatic rings. The summed E-state index contributed by atoms with van der Waals surface area (Å²) in [5.41, 5.74) is 3.96. The SMILES string of the molecule is CCCCCCCCCCC(NN)C1C(C)(C)C1(C)C. The molecule has 120 valence electrons. The number of rotatable bonds is 11. The number of nitrogens with two attached hydrogens (primary N) is 1. The van der Waals surface area contributed by atoms with E-state index in [1.807, 2.05) is 0 Å². The van der Waals surface area contributed by atoms with Crippen molar-refractivity contribution in [2.24, 2.45) is 22.6 Å². The van der Waals surface area contributed by atoms with Gasteiger partial charge in [-0.25, -0.2) is 0 Å². The molecule has 0 saturated heterocycles. The molecule has 1 unspecified atom stereocenters. The molecule has 2 heteroatoms. The van der Waals surface area contributed by atoms with Crippen LogP contribution in [-0.2, 0) is 0 Å². The van der Waals surface area contributed by atoms with Gasteiger partial charge < -0.3 is 0 Å². The maximum absolute atomic E-state index is 5.80. The van der Waals surface area contributed by atoms with Gasteiger partial charge in [0.1, 0.15) is 0 Å². The predicted octanol–water partition coefficient (Wildman–Crippen LogP) is 5.03. The summed E-state index contributed by atoms with van der Waals surface area (Å²) in [7, 11) is 0. The summed E-state index contributed by atoms with van der Waals surface area (Å²) in [5, 5.41) is 0. The fraction of sp³-hybridized carbons (Fsp3) is 1.00. The van der Waals surface area contributed by atoms with E-state index in [4.69, 9.17) is 5.84 Å². The van der Waals surface area contributed by atoms with E-state index >= 15 is 0 Å². The maximum Gasteiger partial charge on any atom is 0.0249 e. The normalized spacial score (nSPS) is 21.9. The molecule has 20 heavy (non-hydrogen) atoms. The Hall–Kier alpha value is -0.0800. The zero-order valence-electron chi connectivity index (χ0n) is 14.6. The quantitative estimate of drug-likeness (QED) is 0.317. The van der Waals surface area contributed by atoms with Crippen LogP contribution >= 0.6 is 0 Å². The summed E-state index contributed by atoms with van der Waals surface area (Å²) in [5.74, 6) is 6.53. The Morgan fingerprint density at radius 3 is 1.70 bits per heavy atom. The molecule has 3 N–H and O–H groups in total. The van der Waals surface area contributed by atoms with Crippen LogP contribution in [0, 0.1) is 16.7 Å². The molecule has 0 radical (unpaired) electrons. The molecule has 0 amide bonds. The molecule has 0 spiro atoms. The van der Waals surface area contributed by atoms with Crippen molar-refractivity contribution in [3.8, 4) is 0 Å². The van der Waals surface area contributed by atoms with E-state index in [2.05, 4.69) is 40.0 Å². The Labute approximate surface area is 127 Å². The third-order valence-corrected chi connectivity index (χ3v) is 6.12. The van der Waals surface area contributed by atoms with Crippen LogP contribution in [-0.4, -0.2) is 6.04 Å². The minimum atomic E-state index is 0.435. The van der Waals surface area contributed by atoms with Crippen LogP contribution in [0.25, 0.3) is 0 Å². The van der Waals surface area contributed by atoms with Gasteiger partial charge in [0.05, 0.1) is 0 Å². The average Bonchev–Trinajstić information content (AvgIpc) is 2.79. The molecule has 1 atom stereocenters. The standard InChI is InChI=1S/C18H38N2/c1-6-7-8-9-10-11-12-13-14-15(20-19)16-17(2,3)18(16,4)5/h15-16,20H,6-14,19H2,1-5H3. The number of hydrogen-bond acceptors (Lipinski definition) is 2. The van der Waals surface area contributed by atoms with E-state index < -0.39 is 0 Å². The summed E-state index contributed by atoms with van der Waals surface area (Å²) in [6, 6.07) is 0.500. The molecular weight excluding hydrogens is 244 g/mol. The monoisotopic (exact) mass is 282 g/mol. The van der Waals surface area contributed by atoms with Crippen molar-refractivity contribution in [3.63, 3.8) is 0 Å². The summed E-state index contributed by atoms with van der Waals surface area (Å²) in [6.45, 7) is 11.8. The Bertz CT molecular complexity index is 257. The van der Waals surface area contributed by atoms with Crippen molar-refractivity contribution in [3.05, 3.63) is 0 Å². The smallest absolute Gasteiger partial charge is 0.0249 e. The predicted molar refractivity (Wildman–Crippen MR) is 89.4 cm³/mol. The van der Waals surface area contributed by atoms with Crippen LogP contribution in [0.15, 0.2) is 0 Å². The van der Waals surface area contributed by atoms with Gasteiger partial charge in [-0.15, -0.1) is 0 Å². The summed E-state index contributed by atoms with van der Waals surface area (Å²) >= 11 is 0. The third kappa shape index (κ3) is 4.21. The second-order valence-corrected chi connectivity index (χ2v) is 7.96. The highest BCUT2D eigenvalue weighted by Crippen LogP contribution is 2.69. The average molecular weight is 283 g/mol. The van der Waals surface area contributed by atoms with E-state index in [-0.39, 0.29) is 0 Å². The Kier molecular flexibility index (Phi) is 7.00. The van der Waals surface area contributed by atoms with E-state index in [1.165, 1.54) is 57.8 Å². The minimum absolute atomic E-state index is 0.435. The van der Waals surface area contributed by atoms with Gasteiger partial charge in [0.15, 0.2) is 0 Å². The molecule has 0 aromatic heterocycles. The first kappa shape index (κ1) is 18.0. The number of hydrazine groups is 1. The Morgan fingerprint density at radius 1 is 0.850 bits per heavy atom. The summed E-state index contributed by atoms with van der Waals surface area (Å²) in [4.78, 5) is 0. The Balaban J connectivity index is 2.12. The van der Waals surface area contributed by atoms with Crippen molar-refractivity contribution in [1.82, 2.24) is 5.43 Å². The summed E-state index contributed by atoms with van der Waals surface area (Å²) < 4.78 is 0. The Morgan fingerprint density at radius 2 is 1.30 bits per heavy atom. The van der Waals surface area contributed by atoms with Gasteiger partial charge in [-0.05, 0) is 23.2 Å². The van der Waals surface area contributed by atoms with Gasteiger partial charge in [-0.1, -0.05) is 86.0 Å². The molecule has 1 fully saturated rings. The fourth-order valence-corrected chi connectivity index (χ4v) is 4.10. The number of unbranched alkanes of at least 4 members (excludes halogenated alkanes) is 7. The number of nitrogens with one attached hydrogen (secondary N) is 1. The first-order valence-corrected chi connectivity index (χ1v) is 8.85. The highest BCUT2D eigenvalue weighted by molar-refractivity contribution is 5.15. The molecule has 0 aromatic rings. The number of hydrogen-bond donors (Lipinski definition) is 2. The van der Waals surface area contributed by atoms with Crippen LogP contribution in [0.3, 0.4) is 0 Å². The first-order chi connectivity index (χ1) is 9.39. The molecule has 2 nitrogen and oxygen atoms in total. The van der Waals surface area contributed by atoms with Crippen LogP contribution in [0.2, 0.25) is 0 Å². The van der Waals surface area contributed by atoms with Crippen molar-refractivity contribution >= 4 is 0 Å². The maximum atomic E-state index is 5.80. The molecule has 1 saturated carbocycles. The van der Waals surface area contributed by atoms with Crippen molar-refractivity contribution in [2.45, 2.75) is 98.4 Å². The first-order valence-electron chi connectivity index (χ1n) is 8.85. The zero-order valence-corrected chi connectivity index (χ0v) is 14.6. The lowest BCUT2D eigenvalue weighted by atomic mass is 9.98. The lowest BCUT2D eigenvalue weighted by molar-refractivity contribution is 0.369. The highest BCUT2D eigenvalue weighted by atomic mass is 15.2. The van der Waals surface area contributed by atoms with Crippen molar-refractivity contribution in [1.29, 1.82) is 0 Å². The van der Waals surface area contributed by atoms with E-state index in [9.17, 15) is 0 Å². The lowest BCUT2D eigenvalue weighted by Gasteiger charge is -2.18. The second kappa shape index (κ2) is 7.79. The van der Waals surface area contributed by atoms with Gasteiger partial charge >= 0.3 is 0 Å². The second-order valence-electron chi connectivity index (χ2n) is 7.96. The van der Waals surface area contributed by atoms with E-state index in [0.717, 1.165) is 5.92 Å². The van der Waals surface area contributed by atoms with Crippen LogP contribution in [0.1, 0.15) is 92.4 Å². The zero-order chi connectivity index (χ0) is 15.2. The van der Waals surface area contributed by atoms with Crippen LogP contribution in [0.4, 0.5) is 0 Å². The molecule has 0 aliphatic heterocycles. The van der Waals surface area contributed by atoms with Crippen molar-refractivity contribution in [2.75, 3.05) is 0 Å². The fourth-order valence-electron chi connectivity index (χ4n) is 4.10. The topological polar surface area (TPSA) is 38.0 Å². The lowest BCUT2D eigenvalue weighted by Crippen LogP contribution is -2.38. The van der Waals surface area contributed by atoms with Gasteiger partial charge in [-0.3, -0.25) is 11.3 Å². The summed E-state index contributed by atoms with van der Waals surface area (Å²) in [6.07, 6.45) is 12.4. The molecular formula is C18H38N2. The van der Waals surface area contributed by atoms with Crippen LogP contribution in [0.5, 0.6) is 0 Å². The van der Waals surface area contributed by atoms with Crippen molar-refractivity contribution < 1.29 is 0 Å². The van der Waals surface area contributed by atoms with E-state index in [1.54, 1.807) is 0 Å². The molecule has 0 heterocycles. The van der Waals surface area contributed by atoms with Gasteiger partial charge in [-0.2, -0.15) is 0 Å². The molecule has 0 aromatic carbocycles. The molecule has 1 aliphatic carbocycles. The highest BCUT2D eigenvalue weighted by Gasteiger charge is 2.66. The molecule has 0 bridgehead atoms. The van der Waals surface area contributed by atoms with Gasteiger partial charge in [0.25, 0.3) is 0 Å². The van der Waals surface area contributed by atoms with Gasteiger partial charge in [0, 0.05) is 6.04 Å². The largest absolute Gasteiger partial charge is 0.271 e. The third-order valence-electron chi connectivity index (χ3n) is 6.12. The van der Waals surface area contributed by atoms with E-state index in [0.29, 0.717) is 16.9 Å². The van der Waals surface area contributed by atoms with Gasteiger partial charge in [0.2, 0.25) is 0 Å². The molecule has 1 rings (SSSR count). The minimum Gasteiger partial charge on any atom is -0.271 e. The van der Waals surface area contributed by atoms with Crippen LogP contribution < -0.4 is 11.3 Å².